The van der Waals surface area contributed by atoms with Crippen LogP contribution in [0.3, 0.4) is 0 Å². The van der Waals surface area contributed by atoms with E-state index in [9.17, 15) is 43.2 Å². The molecule has 564 valence electrons. The molecule has 0 rings (SSSR count). The molecule has 0 aliphatic rings. The molecular formula is C76H148O17P2. The van der Waals surface area contributed by atoms with Gasteiger partial charge in [0, 0.05) is 25.7 Å². The van der Waals surface area contributed by atoms with Crippen LogP contribution in [0, 0.1) is 5.92 Å². The van der Waals surface area contributed by atoms with E-state index in [0.717, 1.165) is 89.9 Å². The van der Waals surface area contributed by atoms with Gasteiger partial charge >= 0.3 is 39.5 Å². The number of unbranched alkanes of at least 4 members (excludes halogenated alkanes) is 48. The van der Waals surface area contributed by atoms with Gasteiger partial charge in [0.05, 0.1) is 26.4 Å². The van der Waals surface area contributed by atoms with Crippen LogP contribution in [0.5, 0.6) is 0 Å². The molecule has 0 heterocycles. The maximum absolute atomic E-state index is 13.1. The number of esters is 4. The van der Waals surface area contributed by atoms with Gasteiger partial charge in [-0.2, -0.15) is 0 Å². The Bertz CT molecular complexity index is 1820. The Labute approximate surface area is 581 Å². The number of rotatable bonds is 76. The topological polar surface area (TPSA) is 237 Å². The first-order valence-corrected chi connectivity index (χ1v) is 42.6. The highest BCUT2D eigenvalue weighted by atomic mass is 31.2. The standard InChI is InChI=1S/C76H148O17P2/c1-6-9-12-15-18-21-23-25-27-29-30-31-32-33-35-37-39-42-45-51-56-61-75(80)92-71(65-87-74(79)60-55-50-44-41-38-36-34-28-26-24-22-19-16-13-10-7-2)67-90-94(82,83)88-63-70(77)64-89-95(84,85)91-68-72(93-76(81)62-57-52-47-46-48-53-58-69(4)5)66-86-73(78)59-54-49-43-40-20-17-14-11-8-3/h69-72,77H,6-68H2,1-5H3,(H,82,83)(H,84,85)/t70-,71-,72-/m1/s1. The minimum absolute atomic E-state index is 0.103. The molecular weight excluding hydrogens is 1250 g/mol. The van der Waals surface area contributed by atoms with Crippen LogP contribution in [0.2, 0.25) is 0 Å². The lowest BCUT2D eigenvalue weighted by Crippen LogP contribution is -2.30. The summed E-state index contributed by atoms with van der Waals surface area (Å²) in [5.74, 6) is -1.45. The second-order valence-electron chi connectivity index (χ2n) is 27.9. The highest BCUT2D eigenvalue weighted by Gasteiger charge is 2.30. The van der Waals surface area contributed by atoms with Crippen molar-refractivity contribution >= 4 is 39.5 Å². The van der Waals surface area contributed by atoms with Crippen LogP contribution in [0.15, 0.2) is 0 Å². The minimum atomic E-state index is -4.96. The van der Waals surface area contributed by atoms with Gasteiger partial charge < -0.3 is 33.8 Å². The second-order valence-corrected chi connectivity index (χ2v) is 30.8. The van der Waals surface area contributed by atoms with Crippen molar-refractivity contribution in [3.63, 3.8) is 0 Å². The van der Waals surface area contributed by atoms with Crippen molar-refractivity contribution in [3.8, 4) is 0 Å². The van der Waals surface area contributed by atoms with E-state index in [-0.39, 0.29) is 25.7 Å². The molecule has 2 unspecified atom stereocenters. The van der Waals surface area contributed by atoms with E-state index < -0.39 is 97.5 Å². The molecule has 19 heteroatoms. The summed E-state index contributed by atoms with van der Waals surface area (Å²) in [4.78, 5) is 72.7. The number of phosphoric acid groups is 2. The zero-order chi connectivity index (χ0) is 69.8. The molecule has 0 aromatic heterocycles. The van der Waals surface area contributed by atoms with Gasteiger partial charge in [-0.3, -0.25) is 37.3 Å². The number of ether oxygens (including phenoxy) is 4. The van der Waals surface area contributed by atoms with Gasteiger partial charge in [-0.1, -0.05) is 349 Å². The van der Waals surface area contributed by atoms with E-state index in [1.807, 2.05) is 0 Å². The normalized spacial score (nSPS) is 13.9. The lowest BCUT2D eigenvalue weighted by Gasteiger charge is -2.21. The Balaban J connectivity index is 5.17. The Morgan fingerprint density at radius 3 is 0.716 bits per heavy atom. The van der Waals surface area contributed by atoms with Gasteiger partial charge in [-0.25, -0.2) is 9.13 Å². The average Bonchev–Trinajstić information content (AvgIpc) is 2.10. The molecule has 0 saturated heterocycles. The van der Waals surface area contributed by atoms with Crippen LogP contribution >= 0.6 is 15.6 Å². The summed E-state index contributed by atoms with van der Waals surface area (Å²) in [6.07, 6.45) is 58.6. The van der Waals surface area contributed by atoms with E-state index in [1.165, 1.54) is 225 Å². The third kappa shape index (κ3) is 70.3. The minimum Gasteiger partial charge on any atom is -0.462 e. The largest absolute Gasteiger partial charge is 0.472 e. The summed E-state index contributed by atoms with van der Waals surface area (Å²) < 4.78 is 68.4. The molecule has 3 N–H and O–H groups in total. The van der Waals surface area contributed by atoms with Crippen LogP contribution in [0.4, 0.5) is 0 Å². The summed E-state index contributed by atoms with van der Waals surface area (Å²) in [7, 11) is -9.90. The molecule has 0 amide bonds. The summed E-state index contributed by atoms with van der Waals surface area (Å²) in [5.41, 5.74) is 0. The molecule has 0 spiro atoms. The first kappa shape index (κ1) is 93.1. The average molecular weight is 1400 g/mol. The van der Waals surface area contributed by atoms with Crippen molar-refractivity contribution in [2.75, 3.05) is 39.6 Å². The quantitative estimate of drug-likeness (QED) is 0.0222. The maximum atomic E-state index is 13.1. The zero-order valence-corrected chi connectivity index (χ0v) is 63.6. The number of carbonyl (C=O) groups excluding carboxylic acids is 4. The monoisotopic (exact) mass is 1400 g/mol. The number of carbonyl (C=O) groups is 4. The van der Waals surface area contributed by atoms with Crippen molar-refractivity contribution < 1.29 is 80.2 Å². The van der Waals surface area contributed by atoms with E-state index in [1.54, 1.807) is 0 Å². The Kier molecular flexibility index (Phi) is 67.7. The molecule has 0 aliphatic carbocycles. The van der Waals surface area contributed by atoms with Gasteiger partial charge in [0.2, 0.25) is 0 Å². The predicted molar refractivity (Wildman–Crippen MR) is 386 cm³/mol. The highest BCUT2D eigenvalue weighted by Crippen LogP contribution is 2.45. The molecule has 0 aromatic rings. The Morgan fingerprint density at radius 2 is 0.484 bits per heavy atom. The molecule has 0 aromatic carbocycles. The van der Waals surface area contributed by atoms with E-state index >= 15 is 0 Å². The maximum Gasteiger partial charge on any atom is 0.472 e. The smallest absolute Gasteiger partial charge is 0.462 e. The molecule has 17 nitrogen and oxygen atoms in total. The SMILES string of the molecule is CCCCCCCCCCCCCCCCCCCCCCCC(=O)O[C@H](COC(=O)CCCCCCCCCCCCCCCCCC)COP(=O)(O)OC[C@@H](O)COP(=O)(O)OC[C@@H](COC(=O)CCCCCCCCCCC)OC(=O)CCCCCCCCC(C)C. The molecule has 5 atom stereocenters. The van der Waals surface area contributed by atoms with Gasteiger partial charge in [-0.05, 0) is 31.6 Å². The van der Waals surface area contributed by atoms with Crippen LogP contribution in [-0.2, 0) is 65.4 Å². The first-order chi connectivity index (χ1) is 46.0. The summed E-state index contributed by atoms with van der Waals surface area (Å²) in [6, 6.07) is 0. The van der Waals surface area contributed by atoms with Gasteiger partial charge in [0.25, 0.3) is 0 Å². The number of aliphatic hydroxyl groups excluding tert-OH is 1. The summed E-state index contributed by atoms with van der Waals surface area (Å²) in [6.45, 7) is 7.18. The van der Waals surface area contributed by atoms with Crippen LogP contribution < -0.4 is 0 Å². The number of hydrogen-bond acceptors (Lipinski definition) is 15. The van der Waals surface area contributed by atoms with Crippen molar-refractivity contribution in [1.82, 2.24) is 0 Å². The fourth-order valence-electron chi connectivity index (χ4n) is 11.7. The van der Waals surface area contributed by atoms with E-state index in [0.29, 0.717) is 31.6 Å². The molecule has 0 radical (unpaired) electrons. The second kappa shape index (κ2) is 69.2. The van der Waals surface area contributed by atoms with Gasteiger partial charge in [0.1, 0.15) is 19.3 Å². The van der Waals surface area contributed by atoms with E-state index in [2.05, 4.69) is 34.6 Å². The Morgan fingerprint density at radius 1 is 0.284 bits per heavy atom. The Hall–Kier alpha value is -1.94. The predicted octanol–water partition coefficient (Wildman–Crippen LogP) is 22.5. The van der Waals surface area contributed by atoms with Crippen LogP contribution in [-0.4, -0.2) is 96.7 Å². The lowest BCUT2D eigenvalue weighted by atomic mass is 10.0. The first-order valence-electron chi connectivity index (χ1n) is 39.6. The summed E-state index contributed by atoms with van der Waals surface area (Å²) >= 11 is 0. The lowest BCUT2D eigenvalue weighted by molar-refractivity contribution is -0.161. The van der Waals surface area contributed by atoms with Crippen molar-refractivity contribution in [3.05, 3.63) is 0 Å². The fourth-order valence-corrected chi connectivity index (χ4v) is 13.3. The van der Waals surface area contributed by atoms with Gasteiger partial charge in [0.15, 0.2) is 12.2 Å². The molecule has 95 heavy (non-hydrogen) atoms. The number of hydrogen-bond donors (Lipinski definition) is 3. The van der Waals surface area contributed by atoms with Crippen molar-refractivity contribution in [2.45, 2.75) is 419 Å². The van der Waals surface area contributed by atoms with Crippen LogP contribution in [0.25, 0.3) is 0 Å². The van der Waals surface area contributed by atoms with E-state index in [4.69, 9.17) is 37.0 Å². The molecule has 0 fully saturated rings. The van der Waals surface area contributed by atoms with Crippen molar-refractivity contribution in [1.29, 1.82) is 0 Å². The molecule has 0 saturated carbocycles. The highest BCUT2D eigenvalue weighted by molar-refractivity contribution is 7.47. The van der Waals surface area contributed by atoms with Crippen molar-refractivity contribution in [2.24, 2.45) is 5.92 Å². The summed E-state index contributed by atoms with van der Waals surface area (Å²) in [5, 5.41) is 10.6. The number of phosphoric ester groups is 2. The third-order valence-corrected chi connectivity index (χ3v) is 19.7. The molecule has 0 bridgehead atoms. The molecule has 0 aliphatic heterocycles. The third-order valence-electron chi connectivity index (χ3n) is 17.8. The fraction of sp³-hybridized carbons (Fsp3) is 0.947. The zero-order valence-electron chi connectivity index (χ0n) is 61.8. The van der Waals surface area contributed by atoms with Gasteiger partial charge in [-0.15, -0.1) is 0 Å². The number of aliphatic hydroxyl groups is 1. The van der Waals surface area contributed by atoms with Crippen LogP contribution in [0.1, 0.15) is 401 Å².